The third kappa shape index (κ3) is 6.02. The van der Waals surface area contributed by atoms with Crippen molar-refractivity contribution in [3.8, 4) is 17.6 Å². The van der Waals surface area contributed by atoms with Crippen LogP contribution < -0.4 is 14.8 Å². The molecule has 2 aromatic rings. The van der Waals surface area contributed by atoms with E-state index in [9.17, 15) is 9.59 Å². The van der Waals surface area contributed by atoms with Crippen LogP contribution in [0.15, 0.2) is 48.5 Å². The van der Waals surface area contributed by atoms with Gasteiger partial charge in [0.05, 0.1) is 18.7 Å². The zero-order valence-corrected chi connectivity index (χ0v) is 16.0. The van der Waals surface area contributed by atoms with Crippen LogP contribution in [0.5, 0.6) is 11.5 Å². The molecule has 0 radical (unpaired) electrons. The Bertz CT molecular complexity index is 841. The molecule has 0 aliphatic heterocycles. The van der Waals surface area contributed by atoms with E-state index < -0.39 is 24.1 Å². The van der Waals surface area contributed by atoms with Gasteiger partial charge in [0.1, 0.15) is 11.5 Å². The molecule has 0 saturated heterocycles. The molecule has 0 heterocycles. The van der Waals surface area contributed by atoms with Crippen molar-refractivity contribution in [2.24, 2.45) is 0 Å². The third-order valence-electron chi connectivity index (χ3n) is 3.92. The highest BCUT2D eigenvalue weighted by atomic mass is 16.6. The molecule has 0 aliphatic rings. The molecule has 1 amide bonds. The zero-order chi connectivity index (χ0) is 20.5. The largest absolute Gasteiger partial charge is 0.497 e. The lowest BCUT2D eigenvalue weighted by atomic mass is 10.2. The van der Waals surface area contributed by atoms with Gasteiger partial charge in [0.25, 0.3) is 5.91 Å². The number of nitriles is 1. The molecule has 7 heteroatoms. The predicted octanol–water partition coefficient (Wildman–Crippen LogP) is 2.58. The first-order valence-corrected chi connectivity index (χ1v) is 8.71. The lowest BCUT2D eigenvalue weighted by Gasteiger charge is -2.18. The monoisotopic (exact) mass is 382 g/mol. The fourth-order valence-corrected chi connectivity index (χ4v) is 2.26. The number of ether oxygens (including phenoxy) is 3. The van der Waals surface area contributed by atoms with Crippen molar-refractivity contribution in [3.63, 3.8) is 0 Å². The second kappa shape index (κ2) is 9.97. The quantitative estimate of drug-likeness (QED) is 0.705. The summed E-state index contributed by atoms with van der Waals surface area (Å²) in [6.45, 7) is 3.33. The molecule has 0 bridgehead atoms. The second-order valence-electron chi connectivity index (χ2n) is 6.04. The van der Waals surface area contributed by atoms with Gasteiger partial charge in [-0.05, 0) is 55.8 Å². The number of nitrogens with one attached hydrogen (secondary N) is 1. The number of benzene rings is 2. The number of rotatable bonds is 8. The smallest absolute Gasteiger partial charge is 0.347 e. The Morgan fingerprint density at radius 1 is 1.00 bits per heavy atom. The average molecular weight is 382 g/mol. The van der Waals surface area contributed by atoms with Crippen LogP contribution in [0.3, 0.4) is 0 Å². The molecule has 2 rings (SSSR count). The molecule has 0 aromatic heterocycles. The van der Waals surface area contributed by atoms with Crippen LogP contribution >= 0.6 is 0 Å². The first kappa shape index (κ1) is 20.8. The van der Waals surface area contributed by atoms with E-state index in [-0.39, 0.29) is 0 Å². The summed E-state index contributed by atoms with van der Waals surface area (Å²) in [4.78, 5) is 24.3. The maximum atomic E-state index is 12.1. The van der Waals surface area contributed by atoms with Gasteiger partial charge in [-0.1, -0.05) is 12.1 Å². The van der Waals surface area contributed by atoms with Crippen LogP contribution in [0.2, 0.25) is 0 Å². The van der Waals surface area contributed by atoms with Crippen LogP contribution in [0.25, 0.3) is 0 Å². The molecule has 2 aromatic carbocycles. The Morgan fingerprint density at radius 2 is 1.61 bits per heavy atom. The number of hydrogen-bond donors (Lipinski definition) is 1. The number of methoxy groups -OCH3 is 1. The van der Waals surface area contributed by atoms with Crippen molar-refractivity contribution in [1.29, 1.82) is 5.26 Å². The van der Waals surface area contributed by atoms with Crippen molar-refractivity contribution in [3.05, 3.63) is 59.7 Å². The van der Waals surface area contributed by atoms with Gasteiger partial charge in [-0.25, -0.2) is 4.79 Å². The molecule has 7 nitrogen and oxygen atoms in total. The SMILES string of the molecule is COc1ccc(CNC(=O)[C@H](C)OC(=O)[C@@H](C)Oc2ccc(C#N)cc2)cc1. The minimum atomic E-state index is -0.960. The summed E-state index contributed by atoms with van der Waals surface area (Å²) in [5.41, 5.74) is 1.38. The summed E-state index contributed by atoms with van der Waals surface area (Å²) < 4.78 is 15.7. The van der Waals surface area contributed by atoms with Gasteiger partial charge in [-0.2, -0.15) is 5.26 Å². The minimum Gasteiger partial charge on any atom is -0.497 e. The molecule has 0 aliphatic carbocycles. The van der Waals surface area contributed by atoms with Gasteiger partial charge in [0.2, 0.25) is 0 Å². The number of amides is 1. The van der Waals surface area contributed by atoms with E-state index in [0.717, 1.165) is 11.3 Å². The highest BCUT2D eigenvalue weighted by Gasteiger charge is 2.23. The van der Waals surface area contributed by atoms with Gasteiger partial charge in [0.15, 0.2) is 12.2 Å². The van der Waals surface area contributed by atoms with Gasteiger partial charge in [0, 0.05) is 6.54 Å². The predicted molar refractivity (Wildman–Crippen MR) is 102 cm³/mol. The minimum absolute atomic E-state index is 0.308. The van der Waals surface area contributed by atoms with Gasteiger partial charge >= 0.3 is 5.97 Å². The Kier molecular flexibility index (Phi) is 7.40. The Morgan fingerprint density at radius 3 is 2.18 bits per heavy atom. The number of nitrogens with zero attached hydrogens (tertiary/aromatic N) is 1. The summed E-state index contributed by atoms with van der Waals surface area (Å²) >= 11 is 0. The first-order valence-electron chi connectivity index (χ1n) is 8.71. The molecule has 0 fully saturated rings. The number of carbonyl (C=O) groups is 2. The van der Waals surface area contributed by atoms with E-state index in [4.69, 9.17) is 19.5 Å². The number of esters is 1. The van der Waals surface area contributed by atoms with Crippen LogP contribution in [-0.4, -0.2) is 31.2 Å². The molecular weight excluding hydrogens is 360 g/mol. The number of carbonyl (C=O) groups excluding carboxylic acids is 2. The summed E-state index contributed by atoms with van der Waals surface area (Å²) in [6, 6.07) is 15.6. The van der Waals surface area contributed by atoms with Crippen molar-refractivity contribution in [2.75, 3.05) is 7.11 Å². The van der Waals surface area contributed by atoms with Gasteiger partial charge in [-0.15, -0.1) is 0 Å². The van der Waals surface area contributed by atoms with Crippen LogP contribution in [0, 0.1) is 11.3 Å². The molecule has 0 saturated carbocycles. The summed E-state index contributed by atoms with van der Waals surface area (Å²) in [5.74, 6) is 0.0971. The Balaban J connectivity index is 1.80. The van der Waals surface area contributed by atoms with Crippen LogP contribution in [0.4, 0.5) is 0 Å². The topological polar surface area (TPSA) is 97.7 Å². The van der Waals surface area contributed by atoms with Crippen molar-refractivity contribution in [2.45, 2.75) is 32.6 Å². The maximum absolute atomic E-state index is 12.1. The van der Waals surface area contributed by atoms with E-state index in [1.54, 1.807) is 43.5 Å². The van der Waals surface area contributed by atoms with Crippen molar-refractivity contribution in [1.82, 2.24) is 5.32 Å². The van der Waals surface area contributed by atoms with Crippen LogP contribution in [0.1, 0.15) is 25.0 Å². The molecule has 146 valence electrons. The summed E-state index contributed by atoms with van der Waals surface area (Å²) in [5, 5.41) is 11.5. The summed E-state index contributed by atoms with van der Waals surface area (Å²) in [6.07, 6.45) is -1.86. The highest BCUT2D eigenvalue weighted by Crippen LogP contribution is 2.14. The van der Waals surface area contributed by atoms with Gasteiger partial charge in [-0.3, -0.25) is 4.79 Å². The molecule has 2 atom stereocenters. The fraction of sp³-hybridized carbons (Fsp3) is 0.286. The van der Waals surface area contributed by atoms with Gasteiger partial charge < -0.3 is 19.5 Å². The van der Waals surface area contributed by atoms with Crippen molar-refractivity contribution >= 4 is 11.9 Å². The first-order chi connectivity index (χ1) is 13.4. The van der Waals surface area contributed by atoms with E-state index in [1.807, 2.05) is 18.2 Å². The lowest BCUT2D eigenvalue weighted by molar-refractivity contribution is -0.160. The third-order valence-corrected chi connectivity index (χ3v) is 3.92. The van der Waals surface area contributed by atoms with E-state index in [0.29, 0.717) is 17.9 Å². The Hall–Kier alpha value is -3.53. The van der Waals surface area contributed by atoms with E-state index in [1.165, 1.54) is 13.8 Å². The lowest BCUT2D eigenvalue weighted by Crippen LogP contribution is -2.38. The highest BCUT2D eigenvalue weighted by molar-refractivity contribution is 5.84. The standard InChI is InChI=1S/C21H22N2O5/c1-14(20(24)23-13-17-6-8-18(26-3)9-7-17)28-21(25)15(2)27-19-10-4-16(12-22)5-11-19/h4-11,14-15H,13H2,1-3H3,(H,23,24)/t14-,15+/m0/s1. The number of hydrogen-bond acceptors (Lipinski definition) is 6. The molecule has 0 unspecified atom stereocenters. The maximum Gasteiger partial charge on any atom is 0.347 e. The molecule has 28 heavy (non-hydrogen) atoms. The zero-order valence-electron chi connectivity index (χ0n) is 16.0. The van der Waals surface area contributed by atoms with Crippen molar-refractivity contribution < 1.29 is 23.8 Å². The molecule has 1 N–H and O–H groups in total. The van der Waals surface area contributed by atoms with Crippen LogP contribution in [-0.2, 0) is 20.9 Å². The molecule has 0 spiro atoms. The Labute approximate surface area is 163 Å². The summed E-state index contributed by atoms with van der Waals surface area (Å²) in [7, 11) is 1.58. The molecular formula is C21H22N2O5. The van der Waals surface area contributed by atoms with E-state index >= 15 is 0 Å². The average Bonchev–Trinajstić information content (AvgIpc) is 2.72. The second-order valence-corrected chi connectivity index (χ2v) is 6.04. The normalized spacial score (nSPS) is 12.2. The van der Waals surface area contributed by atoms with E-state index in [2.05, 4.69) is 5.32 Å². The fourth-order valence-electron chi connectivity index (χ4n) is 2.26.